The highest BCUT2D eigenvalue weighted by molar-refractivity contribution is 7.89. The lowest BCUT2D eigenvalue weighted by molar-refractivity contribution is -0.303. The summed E-state index contributed by atoms with van der Waals surface area (Å²) in [6, 6.07) is 5.46. The number of sulfonamides is 1. The molecule has 0 aliphatic carbocycles. The predicted molar refractivity (Wildman–Crippen MR) is 73.9 cm³/mol. The second-order valence-electron chi connectivity index (χ2n) is 4.17. The average Bonchev–Trinajstić information content (AvgIpc) is 2.45. The van der Waals surface area contributed by atoms with Crippen LogP contribution in [0.4, 0.5) is 0 Å². The maximum Gasteiger partial charge on any atom is 0.251 e. The van der Waals surface area contributed by atoms with Crippen LogP contribution in [0.3, 0.4) is 0 Å². The summed E-state index contributed by atoms with van der Waals surface area (Å²) in [6.07, 6.45) is 0. The number of carboxylic acid groups (broad SMARTS) is 1. The van der Waals surface area contributed by atoms with E-state index in [0.29, 0.717) is 13.1 Å². The fraction of sp³-hybridized carbons (Fsp3) is 0.385. The van der Waals surface area contributed by atoms with Crippen LogP contribution in [-0.4, -0.2) is 44.2 Å². The minimum atomic E-state index is -3.66. The van der Waals surface area contributed by atoms with Crippen LogP contribution in [0.1, 0.15) is 24.2 Å². The van der Waals surface area contributed by atoms with Gasteiger partial charge in [0.15, 0.2) is 0 Å². The molecule has 0 saturated carbocycles. The van der Waals surface area contributed by atoms with E-state index in [9.17, 15) is 23.1 Å². The normalized spacial score (nSPS) is 11.4. The Kier molecular flexibility index (Phi) is 5.86. The van der Waals surface area contributed by atoms with Gasteiger partial charge in [0.25, 0.3) is 5.91 Å². The van der Waals surface area contributed by atoms with Crippen LogP contribution in [0.25, 0.3) is 0 Å². The Morgan fingerprint density at radius 2 is 1.86 bits per heavy atom. The van der Waals surface area contributed by atoms with Crippen molar-refractivity contribution in [2.45, 2.75) is 18.7 Å². The Morgan fingerprint density at radius 1 is 1.24 bits per heavy atom. The van der Waals surface area contributed by atoms with Crippen molar-refractivity contribution < 1.29 is 23.1 Å². The van der Waals surface area contributed by atoms with Gasteiger partial charge in [-0.2, -0.15) is 4.31 Å². The number of aliphatic carboxylic acids is 1. The van der Waals surface area contributed by atoms with Crippen molar-refractivity contribution in [2.24, 2.45) is 0 Å². The number of amides is 1. The molecule has 0 fully saturated rings. The van der Waals surface area contributed by atoms with Gasteiger partial charge < -0.3 is 15.2 Å². The summed E-state index contributed by atoms with van der Waals surface area (Å²) < 4.78 is 25.9. The van der Waals surface area contributed by atoms with Gasteiger partial charge in [0, 0.05) is 18.7 Å². The molecule has 1 N–H and O–H groups in total. The van der Waals surface area contributed by atoms with Crippen molar-refractivity contribution in [1.29, 1.82) is 0 Å². The van der Waals surface area contributed by atoms with Crippen LogP contribution in [0.15, 0.2) is 29.2 Å². The average molecular weight is 313 g/mol. The fourth-order valence-electron chi connectivity index (χ4n) is 1.76. The minimum absolute atomic E-state index is 0.00713. The van der Waals surface area contributed by atoms with E-state index in [1.165, 1.54) is 28.6 Å². The van der Waals surface area contributed by atoms with Crippen molar-refractivity contribution in [3.8, 4) is 0 Å². The topological polar surface area (TPSA) is 107 Å². The highest BCUT2D eigenvalue weighted by atomic mass is 32.2. The first-order valence-electron chi connectivity index (χ1n) is 6.41. The molecule has 8 heteroatoms. The largest absolute Gasteiger partial charge is 0.548 e. The molecular weight excluding hydrogens is 296 g/mol. The van der Waals surface area contributed by atoms with Gasteiger partial charge >= 0.3 is 0 Å². The van der Waals surface area contributed by atoms with Crippen molar-refractivity contribution >= 4 is 21.9 Å². The molecule has 0 spiro atoms. The summed E-state index contributed by atoms with van der Waals surface area (Å²) in [4.78, 5) is 22.0. The van der Waals surface area contributed by atoms with Crippen molar-refractivity contribution in [2.75, 3.05) is 19.6 Å². The van der Waals surface area contributed by atoms with E-state index in [-0.39, 0.29) is 10.5 Å². The van der Waals surface area contributed by atoms with Crippen LogP contribution in [0.2, 0.25) is 0 Å². The quantitative estimate of drug-likeness (QED) is 0.709. The van der Waals surface area contributed by atoms with Crippen LogP contribution >= 0.6 is 0 Å². The van der Waals surface area contributed by atoms with Crippen LogP contribution < -0.4 is 10.4 Å². The lowest BCUT2D eigenvalue weighted by Crippen LogP contribution is -2.37. The van der Waals surface area contributed by atoms with E-state index in [0.717, 1.165) is 0 Å². The maximum atomic E-state index is 12.3. The van der Waals surface area contributed by atoms with E-state index in [2.05, 4.69) is 5.32 Å². The molecular formula is C13H17N2O5S-. The van der Waals surface area contributed by atoms with E-state index in [4.69, 9.17) is 0 Å². The highest BCUT2D eigenvalue weighted by Gasteiger charge is 2.22. The lowest BCUT2D eigenvalue weighted by atomic mass is 10.2. The molecule has 0 heterocycles. The minimum Gasteiger partial charge on any atom is -0.548 e. The molecule has 0 aliphatic heterocycles. The molecule has 0 aromatic heterocycles. The molecule has 1 rings (SSSR count). The maximum absolute atomic E-state index is 12.3. The zero-order valence-corrected chi connectivity index (χ0v) is 12.6. The van der Waals surface area contributed by atoms with E-state index in [1.807, 2.05) is 0 Å². The molecule has 21 heavy (non-hydrogen) atoms. The third kappa shape index (κ3) is 4.27. The number of nitrogens with zero attached hydrogens (tertiary/aromatic N) is 1. The van der Waals surface area contributed by atoms with Crippen LogP contribution in [0.5, 0.6) is 0 Å². The van der Waals surface area contributed by atoms with Gasteiger partial charge in [-0.25, -0.2) is 8.42 Å². The van der Waals surface area contributed by atoms with Crippen molar-refractivity contribution in [1.82, 2.24) is 9.62 Å². The van der Waals surface area contributed by atoms with E-state index < -0.39 is 28.4 Å². The number of hydrogen-bond donors (Lipinski definition) is 1. The van der Waals surface area contributed by atoms with Crippen LogP contribution in [-0.2, 0) is 14.8 Å². The Balaban J connectivity index is 3.05. The molecule has 0 unspecified atom stereocenters. The number of carbonyl (C=O) groups is 2. The van der Waals surface area contributed by atoms with Gasteiger partial charge in [0.2, 0.25) is 10.0 Å². The molecule has 0 radical (unpaired) electrons. The van der Waals surface area contributed by atoms with Crippen LogP contribution in [0, 0.1) is 0 Å². The third-order valence-corrected chi connectivity index (χ3v) is 4.88. The summed E-state index contributed by atoms with van der Waals surface area (Å²) in [5, 5.41) is 12.4. The van der Waals surface area contributed by atoms with Gasteiger partial charge in [-0.15, -0.1) is 0 Å². The summed E-state index contributed by atoms with van der Waals surface area (Å²) in [7, 11) is -3.66. The van der Waals surface area contributed by atoms with E-state index in [1.54, 1.807) is 13.8 Å². The van der Waals surface area contributed by atoms with Gasteiger partial charge in [0.1, 0.15) is 0 Å². The number of benzene rings is 1. The molecule has 0 aliphatic rings. The summed E-state index contributed by atoms with van der Waals surface area (Å²) in [6.45, 7) is 3.45. The highest BCUT2D eigenvalue weighted by Crippen LogP contribution is 2.16. The standard InChI is InChI=1S/C13H18N2O5S/c1-3-15(4-2)21(19,20)11-7-5-6-10(8-11)13(18)14-9-12(16)17/h5-8H,3-4,9H2,1-2H3,(H,14,18)(H,16,17)/p-1. The number of hydrogen-bond acceptors (Lipinski definition) is 5. The smallest absolute Gasteiger partial charge is 0.251 e. The molecule has 0 atom stereocenters. The summed E-state index contributed by atoms with van der Waals surface area (Å²) >= 11 is 0. The lowest BCUT2D eigenvalue weighted by Gasteiger charge is -2.18. The van der Waals surface area contributed by atoms with E-state index >= 15 is 0 Å². The monoisotopic (exact) mass is 313 g/mol. The Bertz CT molecular complexity index is 623. The first-order chi connectivity index (χ1) is 9.82. The third-order valence-electron chi connectivity index (χ3n) is 2.83. The summed E-state index contributed by atoms with van der Waals surface area (Å²) in [5.41, 5.74) is 0.0736. The Morgan fingerprint density at radius 3 is 2.38 bits per heavy atom. The SMILES string of the molecule is CCN(CC)S(=O)(=O)c1cccc(C(=O)NCC(=O)[O-])c1. The molecule has 1 amide bonds. The van der Waals surface area contributed by atoms with Gasteiger partial charge in [-0.3, -0.25) is 4.79 Å². The Labute approximate surface area is 123 Å². The first-order valence-corrected chi connectivity index (χ1v) is 7.85. The number of nitrogens with one attached hydrogen (secondary N) is 1. The van der Waals surface area contributed by atoms with Gasteiger partial charge in [-0.05, 0) is 18.2 Å². The van der Waals surface area contributed by atoms with Gasteiger partial charge in [-0.1, -0.05) is 19.9 Å². The second kappa shape index (κ2) is 7.19. The van der Waals surface area contributed by atoms with Crippen molar-refractivity contribution in [3.05, 3.63) is 29.8 Å². The number of carbonyl (C=O) groups excluding carboxylic acids is 2. The Hall–Kier alpha value is -1.93. The fourth-order valence-corrected chi connectivity index (χ4v) is 3.27. The molecule has 7 nitrogen and oxygen atoms in total. The van der Waals surface area contributed by atoms with Gasteiger partial charge in [0.05, 0.1) is 17.4 Å². The molecule has 1 aromatic rings. The number of rotatable bonds is 7. The zero-order valence-electron chi connectivity index (χ0n) is 11.8. The predicted octanol–water partition coefficient (Wildman–Crippen LogP) is -0.803. The molecule has 0 saturated heterocycles. The first kappa shape index (κ1) is 17.1. The molecule has 0 bridgehead atoms. The summed E-state index contributed by atoms with van der Waals surface area (Å²) in [5.74, 6) is -2.09. The molecule has 116 valence electrons. The molecule has 1 aromatic carbocycles. The number of carboxylic acids is 1. The zero-order chi connectivity index (χ0) is 16.0. The van der Waals surface area contributed by atoms with Crippen molar-refractivity contribution in [3.63, 3.8) is 0 Å². The second-order valence-corrected chi connectivity index (χ2v) is 6.11.